The second-order valence-corrected chi connectivity index (χ2v) is 4.33. The smallest absolute Gasteiger partial charge is 0.387 e. The Kier molecular flexibility index (Phi) is 4.65. The molecule has 1 heterocycles. The Labute approximate surface area is 115 Å². The number of imidazole rings is 1. The zero-order valence-electron chi connectivity index (χ0n) is 11.0. The molecule has 0 saturated heterocycles. The molecular weight excluding hydrogens is 266 g/mol. The lowest BCUT2D eigenvalue weighted by Gasteiger charge is -2.17. The third-order valence-electron chi connectivity index (χ3n) is 2.99. The first kappa shape index (κ1) is 14.4. The maximum Gasteiger partial charge on any atom is 0.387 e. The average molecular weight is 282 g/mol. The van der Waals surface area contributed by atoms with Crippen LogP contribution >= 0.6 is 0 Å². The molecule has 3 N–H and O–H groups in total. The second-order valence-electron chi connectivity index (χ2n) is 4.33. The summed E-state index contributed by atoms with van der Waals surface area (Å²) in [7, 11) is 1.88. The summed E-state index contributed by atoms with van der Waals surface area (Å²) in [5, 5.41) is 0. The quantitative estimate of drug-likeness (QED) is 0.626. The highest BCUT2D eigenvalue weighted by Gasteiger charge is 2.14. The van der Waals surface area contributed by atoms with E-state index in [9.17, 15) is 8.78 Å². The SMILES string of the molecule is Cn1ccnc1CC(NN)c1cccc(OC(F)F)c1. The minimum Gasteiger partial charge on any atom is -0.435 e. The van der Waals surface area contributed by atoms with Gasteiger partial charge < -0.3 is 9.30 Å². The first-order chi connectivity index (χ1) is 9.60. The zero-order valence-corrected chi connectivity index (χ0v) is 11.0. The number of alkyl halides is 2. The van der Waals surface area contributed by atoms with E-state index in [2.05, 4.69) is 15.1 Å². The summed E-state index contributed by atoms with van der Waals surface area (Å²) in [6.07, 6.45) is 4.07. The maximum absolute atomic E-state index is 12.2. The molecule has 108 valence electrons. The molecular formula is C13H16F2N4O. The van der Waals surface area contributed by atoms with Crippen LogP contribution in [-0.2, 0) is 13.5 Å². The fourth-order valence-electron chi connectivity index (χ4n) is 1.96. The number of aryl methyl sites for hydroxylation is 1. The molecule has 2 rings (SSSR count). The van der Waals surface area contributed by atoms with Crippen LogP contribution in [0.25, 0.3) is 0 Å². The van der Waals surface area contributed by atoms with Crippen molar-refractivity contribution in [3.63, 3.8) is 0 Å². The van der Waals surface area contributed by atoms with Gasteiger partial charge in [0.05, 0.1) is 6.04 Å². The molecule has 1 aromatic carbocycles. The molecule has 0 aliphatic carbocycles. The summed E-state index contributed by atoms with van der Waals surface area (Å²) in [6, 6.07) is 6.22. The van der Waals surface area contributed by atoms with Gasteiger partial charge in [0, 0.05) is 25.9 Å². The molecule has 1 atom stereocenters. The lowest BCUT2D eigenvalue weighted by atomic mass is 10.0. The number of benzene rings is 1. The molecule has 7 heteroatoms. The molecule has 0 fully saturated rings. The Morgan fingerprint density at radius 2 is 2.25 bits per heavy atom. The van der Waals surface area contributed by atoms with Crippen molar-refractivity contribution in [2.24, 2.45) is 12.9 Å². The van der Waals surface area contributed by atoms with Crippen LogP contribution in [0.15, 0.2) is 36.7 Å². The summed E-state index contributed by atoms with van der Waals surface area (Å²) >= 11 is 0. The molecule has 0 spiro atoms. The second kappa shape index (κ2) is 6.44. The number of halogens is 2. The van der Waals surface area contributed by atoms with E-state index in [-0.39, 0.29) is 11.8 Å². The number of hydrogen-bond acceptors (Lipinski definition) is 4. The summed E-state index contributed by atoms with van der Waals surface area (Å²) in [6.45, 7) is -2.84. The maximum atomic E-state index is 12.2. The van der Waals surface area contributed by atoms with Gasteiger partial charge in [-0.3, -0.25) is 11.3 Å². The van der Waals surface area contributed by atoms with Gasteiger partial charge in [-0.2, -0.15) is 8.78 Å². The van der Waals surface area contributed by atoms with E-state index in [1.807, 2.05) is 17.8 Å². The van der Waals surface area contributed by atoms with E-state index in [1.54, 1.807) is 24.4 Å². The largest absolute Gasteiger partial charge is 0.435 e. The molecule has 0 radical (unpaired) electrons. The van der Waals surface area contributed by atoms with Crippen molar-refractivity contribution in [2.75, 3.05) is 0 Å². The lowest BCUT2D eigenvalue weighted by molar-refractivity contribution is -0.0499. The van der Waals surface area contributed by atoms with Crippen LogP contribution in [0, 0.1) is 0 Å². The van der Waals surface area contributed by atoms with E-state index in [4.69, 9.17) is 5.84 Å². The van der Waals surface area contributed by atoms with Crippen molar-refractivity contribution in [3.8, 4) is 5.75 Å². The molecule has 0 aliphatic rings. The number of hydrogen-bond donors (Lipinski definition) is 2. The first-order valence-corrected chi connectivity index (χ1v) is 6.07. The number of nitrogens with two attached hydrogens (primary N) is 1. The van der Waals surface area contributed by atoms with Gasteiger partial charge in [-0.25, -0.2) is 4.98 Å². The highest BCUT2D eigenvalue weighted by atomic mass is 19.3. The van der Waals surface area contributed by atoms with Crippen LogP contribution in [0.2, 0.25) is 0 Å². The summed E-state index contributed by atoms with van der Waals surface area (Å²) < 4.78 is 30.7. The third-order valence-corrected chi connectivity index (χ3v) is 2.99. The molecule has 1 aromatic heterocycles. The van der Waals surface area contributed by atoms with Gasteiger partial charge in [0.25, 0.3) is 0 Å². The van der Waals surface area contributed by atoms with E-state index in [0.29, 0.717) is 6.42 Å². The number of rotatable bonds is 6. The Morgan fingerprint density at radius 3 is 2.85 bits per heavy atom. The normalized spacial score (nSPS) is 12.7. The van der Waals surface area contributed by atoms with Gasteiger partial charge in [0.2, 0.25) is 0 Å². The Balaban J connectivity index is 2.17. The standard InChI is InChI=1S/C13H16F2N4O/c1-19-6-5-17-12(19)8-11(18-16)9-3-2-4-10(7-9)20-13(14)15/h2-7,11,13,18H,8,16H2,1H3. The van der Waals surface area contributed by atoms with Crippen LogP contribution in [0.5, 0.6) is 5.75 Å². The molecule has 2 aromatic rings. The summed E-state index contributed by atoms with van der Waals surface area (Å²) in [5.74, 6) is 6.50. The third kappa shape index (κ3) is 3.52. The molecule has 0 aliphatic heterocycles. The number of aromatic nitrogens is 2. The molecule has 5 nitrogen and oxygen atoms in total. The van der Waals surface area contributed by atoms with E-state index in [1.165, 1.54) is 6.07 Å². The van der Waals surface area contributed by atoms with Gasteiger partial charge in [-0.1, -0.05) is 12.1 Å². The molecule has 0 amide bonds. The molecule has 0 bridgehead atoms. The first-order valence-electron chi connectivity index (χ1n) is 6.07. The fourth-order valence-corrected chi connectivity index (χ4v) is 1.96. The van der Waals surface area contributed by atoms with Crippen LogP contribution in [0.3, 0.4) is 0 Å². The van der Waals surface area contributed by atoms with E-state index >= 15 is 0 Å². The molecule has 20 heavy (non-hydrogen) atoms. The molecule has 0 saturated carbocycles. The average Bonchev–Trinajstić information content (AvgIpc) is 2.81. The lowest BCUT2D eigenvalue weighted by Crippen LogP contribution is -2.30. The monoisotopic (exact) mass is 282 g/mol. The van der Waals surface area contributed by atoms with Crippen molar-refractivity contribution in [3.05, 3.63) is 48.0 Å². The zero-order chi connectivity index (χ0) is 14.5. The van der Waals surface area contributed by atoms with Gasteiger partial charge in [-0.05, 0) is 17.7 Å². The summed E-state index contributed by atoms with van der Waals surface area (Å²) in [5.41, 5.74) is 3.43. The predicted octanol–water partition coefficient (Wildman–Crippen LogP) is 1.77. The van der Waals surface area contributed by atoms with Crippen molar-refractivity contribution in [1.82, 2.24) is 15.0 Å². The van der Waals surface area contributed by atoms with Gasteiger partial charge in [0.15, 0.2) is 0 Å². The van der Waals surface area contributed by atoms with Crippen molar-refractivity contribution >= 4 is 0 Å². The van der Waals surface area contributed by atoms with Crippen molar-refractivity contribution in [2.45, 2.75) is 19.1 Å². The fraction of sp³-hybridized carbons (Fsp3) is 0.308. The summed E-state index contributed by atoms with van der Waals surface area (Å²) in [4.78, 5) is 4.22. The number of nitrogens with one attached hydrogen (secondary N) is 1. The highest BCUT2D eigenvalue weighted by molar-refractivity contribution is 5.31. The van der Waals surface area contributed by atoms with Gasteiger partial charge >= 0.3 is 6.61 Å². The van der Waals surface area contributed by atoms with Crippen LogP contribution in [0.4, 0.5) is 8.78 Å². The Hall–Kier alpha value is -1.99. The highest BCUT2D eigenvalue weighted by Crippen LogP contribution is 2.22. The number of nitrogens with zero attached hydrogens (tertiary/aromatic N) is 2. The number of hydrazine groups is 1. The van der Waals surface area contributed by atoms with Crippen LogP contribution < -0.4 is 16.0 Å². The van der Waals surface area contributed by atoms with Crippen LogP contribution in [0.1, 0.15) is 17.4 Å². The van der Waals surface area contributed by atoms with E-state index < -0.39 is 6.61 Å². The molecule has 1 unspecified atom stereocenters. The van der Waals surface area contributed by atoms with E-state index in [0.717, 1.165) is 11.4 Å². The van der Waals surface area contributed by atoms with Crippen LogP contribution in [-0.4, -0.2) is 16.2 Å². The number of ether oxygens (including phenoxy) is 1. The Morgan fingerprint density at radius 1 is 1.45 bits per heavy atom. The minimum absolute atomic E-state index is 0.109. The van der Waals surface area contributed by atoms with Crippen molar-refractivity contribution in [1.29, 1.82) is 0 Å². The van der Waals surface area contributed by atoms with Crippen molar-refractivity contribution < 1.29 is 13.5 Å². The van der Waals surface area contributed by atoms with Gasteiger partial charge in [0.1, 0.15) is 11.6 Å². The topological polar surface area (TPSA) is 65.1 Å². The minimum atomic E-state index is -2.84. The predicted molar refractivity (Wildman–Crippen MR) is 70.1 cm³/mol. The Bertz CT molecular complexity index is 559. The van der Waals surface area contributed by atoms with Gasteiger partial charge in [-0.15, -0.1) is 0 Å².